The van der Waals surface area contributed by atoms with Crippen LogP contribution in [0.5, 0.6) is 0 Å². The van der Waals surface area contributed by atoms with Crippen molar-refractivity contribution < 1.29 is 14.3 Å². The summed E-state index contributed by atoms with van der Waals surface area (Å²) in [5, 5.41) is 0. The number of ketones is 1. The maximum absolute atomic E-state index is 12.1. The van der Waals surface area contributed by atoms with E-state index in [9.17, 15) is 4.79 Å². The van der Waals surface area contributed by atoms with Crippen LogP contribution in [0.3, 0.4) is 0 Å². The van der Waals surface area contributed by atoms with Gasteiger partial charge in [-0.15, -0.1) is 0 Å². The molecule has 2 aromatic rings. The predicted molar refractivity (Wildman–Crippen MR) is 83.0 cm³/mol. The Hall–Kier alpha value is -2.23. The van der Waals surface area contributed by atoms with E-state index in [0.717, 1.165) is 11.1 Å². The lowest BCUT2D eigenvalue weighted by Gasteiger charge is -2.13. The third-order valence-corrected chi connectivity index (χ3v) is 3.12. The van der Waals surface area contributed by atoms with Gasteiger partial charge in [0.05, 0.1) is 0 Å². The Morgan fingerprint density at radius 1 is 0.952 bits per heavy atom. The first-order valence-electron chi connectivity index (χ1n) is 6.67. The average molecular weight is 282 g/mol. The Bertz CT molecular complexity index is 596. The third kappa shape index (κ3) is 4.12. The molecule has 2 rings (SSSR count). The first kappa shape index (κ1) is 15.2. The normalized spacial score (nSPS) is 11.2. The van der Waals surface area contributed by atoms with Crippen LogP contribution in [0, 0.1) is 0 Å². The van der Waals surface area contributed by atoms with Crippen LogP contribution in [0.25, 0.3) is 6.08 Å². The summed E-state index contributed by atoms with van der Waals surface area (Å²) >= 11 is 0. The van der Waals surface area contributed by atoms with Crippen LogP contribution >= 0.6 is 0 Å². The second kappa shape index (κ2) is 7.53. The van der Waals surface area contributed by atoms with E-state index in [1.165, 1.54) is 0 Å². The van der Waals surface area contributed by atoms with Crippen molar-refractivity contribution in [1.29, 1.82) is 0 Å². The predicted octanol–water partition coefficient (Wildman–Crippen LogP) is 3.87. The number of hydrogen-bond donors (Lipinski definition) is 0. The molecular weight excluding hydrogens is 264 g/mol. The second-order valence-electron chi connectivity index (χ2n) is 4.53. The zero-order valence-corrected chi connectivity index (χ0v) is 12.2. The van der Waals surface area contributed by atoms with Crippen LogP contribution in [0.15, 0.2) is 60.7 Å². The molecule has 0 aromatic heterocycles. The zero-order chi connectivity index (χ0) is 15.1. The van der Waals surface area contributed by atoms with Crippen molar-refractivity contribution in [2.75, 3.05) is 14.2 Å². The molecule has 2 aromatic carbocycles. The van der Waals surface area contributed by atoms with Gasteiger partial charge in [-0.05, 0) is 11.6 Å². The highest BCUT2D eigenvalue weighted by molar-refractivity contribution is 6.06. The van der Waals surface area contributed by atoms with Crippen molar-refractivity contribution in [3.05, 3.63) is 77.4 Å². The van der Waals surface area contributed by atoms with Crippen molar-refractivity contribution in [3.63, 3.8) is 0 Å². The standard InChI is InChI=1S/C18H18O3/c1-20-18(21-2)16-11-9-15(10-12-16)17(19)13-8-14-6-4-3-5-7-14/h3-13,18H,1-2H3/b13-8+. The van der Waals surface area contributed by atoms with E-state index in [4.69, 9.17) is 9.47 Å². The summed E-state index contributed by atoms with van der Waals surface area (Å²) < 4.78 is 10.3. The van der Waals surface area contributed by atoms with E-state index >= 15 is 0 Å². The molecule has 0 amide bonds. The highest BCUT2D eigenvalue weighted by Gasteiger charge is 2.09. The van der Waals surface area contributed by atoms with Gasteiger partial charge in [-0.2, -0.15) is 0 Å². The molecule has 0 fully saturated rings. The van der Waals surface area contributed by atoms with Crippen LogP contribution in [0.2, 0.25) is 0 Å². The summed E-state index contributed by atoms with van der Waals surface area (Å²) in [5.41, 5.74) is 2.52. The highest BCUT2D eigenvalue weighted by Crippen LogP contribution is 2.18. The molecule has 0 spiro atoms. The number of benzene rings is 2. The second-order valence-corrected chi connectivity index (χ2v) is 4.53. The van der Waals surface area contributed by atoms with Crippen LogP contribution in [-0.2, 0) is 9.47 Å². The summed E-state index contributed by atoms with van der Waals surface area (Å²) in [6, 6.07) is 16.9. The largest absolute Gasteiger partial charge is 0.352 e. The molecule has 0 radical (unpaired) electrons. The van der Waals surface area contributed by atoms with Crippen molar-refractivity contribution in [1.82, 2.24) is 0 Å². The SMILES string of the molecule is COC(OC)c1ccc(C(=O)/C=C/c2ccccc2)cc1. The molecule has 0 N–H and O–H groups in total. The van der Waals surface area contributed by atoms with Gasteiger partial charge >= 0.3 is 0 Å². The molecule has 0 saturated carbocycles. The van der Waals surface area contributed by atoms with Crippen molar-refractivity contribution in [2.24, 2.45) is 0 Å². The summed E-state index contributed by atoms with van der Waals surface area (Å²) in [5.74, 6) is -0.0308. The molecule has 0 saturated heterocycles. The van der Waals surface area contributed by atoms with Gasteiger partial charge in [0.2, 0.25) is 0 Å². The van der Waals surface area contributed by atoms with Crippen molar-refractivity contribution >= 4 is 11.9 Å². The molecular formula is C18H18O3. The number of ether oxygens (including phenoxy) is 2. The fourth-order valence-electron chi connectivity index (χ4n) is 2.01. The van der Waals surface area contributed by atoms with E-state index in [1.807, 2.05) is 48.5 Å². The van der Waals surface area contributed by atoms with Gasteiger partial charge in [0, 0.05) is 25.3 Å². The lowest BCUT2D eigenvalue weighted by molar-refractivity contribution is -0.106. The first-order valence-corrected chi connectivity index (χ1v) is 6.67. The van der Waals surface area contributed by atoms with Gasteiger partial charge in [-0.3, -0.25) is 4.79 Å². The Morgan fingerprint density at radius 3 is 2.14 bits per heavy atom. The zero-order valence-electron chi connectivity index (χ0n) is 12.2. The van der Waals surface area contributed by atoms with Gasteiger partial charge in [-0.1, -0.05) is 60.7 Å². The van der Waals surface area contributed by atoms with Gasteiger partial charge in [0.15, 0.2) is 12.1 Å². The van der Waals surface area contributed by atoms with Crippen LogP contribution in [0.4, 0.5) is 0 Å². The summed E-state index contributed by atoms with van der Waals surface area (Å²) in [6.07, 6.45) is 2.98. The molecule has 108 valence electrons. The number of carbonyl (C=O) groups is 1. The first-order chi connectivity index (χ1) is 10.2. The number of hydrogen-bond acceptors (Lipinski definition) is 3. The molecule has 21 heavy (non-hydrogen) atoms. The van der Waals surface area contributed by atoms with Crippen LogP contribution < -0.4 is 0 Å². The smallest absolute Gasteiger partial charge is 0.185 e. The van der Waals surface area contributed by atoms with Crippen LogP contribution in [0.1, 0.15) is 27.8 Å². The van der Waals surface area contributed by atoms with Gasteiger partial charge in [0.25, 0.3) is 0 Å². The number of rotatable bonds is 6. The lowest BCUT2D eigenvalue weighted by Crippen LogP contribution is -2.04. The summed E-state index contributed by atoms with van der Waals surface area (Å²) in [4.78, 5) is 12.1. The molecule has 3 nitrogen and oxygen atoms in total. The third-order valence-electron chi connectivity index (χ3n) is 3.12. The Morgan fingerprint density at radius 2 is 1.57 bits per heavy atom. The molecule has 0 unspecified atom stereocenters. The molecule has 0 atom stereocenters. The molecule has 0 aliphatic heterocycles. The fraction of sp³-hybridized carbons (Fsp3) is 0.167. The van der Waals surface area contributed by atoms with E-state index in [-0.39, 0.29) is 5.78 Å². The van der Waals surface area contributed by atoms with Gasteiger partial charge < -0.3 is 9.47 Å². The fourth-order valence-corrected chi connectivity index (χ4v) is 2.01. The quantitative estimate of drug-likeness (QED) is 0.458. The minimum atomic E-state index is -0.408. The van der Waals surface area contributed by atoms with Crippen molar-refractivity contribution in [3.8, 4) is 0 Å². The van der Waals surface area contributed by atoms with Crippen LogP contribution in [-0.4, -0.2) is 20.0 Å². The summed E-state index contributed by atoms with van der Waals surface area (Å²) in [6.45, 7) is 0. The Kier molecular flexibility index (Phi) is 5.43. The Balaban J connectivity index is 2.08. The lowest BCUT2D eigenvalue weighted by atomic mass is 10.1. The Labute approximate surface area is 124 Å². The molecule has 0 aliphatic carbocycles. The molecule has 3 heteroatoms. The molecule has 0 heterocycles. The number of allylic oxidation sites excluding steroid dienone is 1. The minimum Gasteiger partial charge on any atom is -0.352 e. The van der Waals surface area contributed by atoms with Gasteiger partial charge in [-0.25, -0.2) is 0 Å². The highest BCUT2D eigenvalue weighted by atomic mass is 16.7. The average Bonchev–Trinajstić information content (AvgIpc) is 2.55. The summed E-state index contributed by atoms with van der Waals surface area (Å²) in [7, 11) is 3.16. The van der Waals surface area contributed by atoms with E-state index in [1.54, 1.807) is 32.4 Å². The number of methoxy groups -OCH3 is 2. The van der Waals surface area contributed by atoms with E-state index in [2.05, 4.69) is 0 Å². The monoisotopic (exact) mass is 282 g/mol. The maximum atomic E-state index is 12.1. The molecule has 0 bridgehead atoms. The minimum absolute atomic E-state index is 0.0308. The van der Waals surface area contributed by atoms with Crippen molar-refractivity contribution in [2.45, 2.75) is 6.29 Å². The van der Waals surface area contributed by atoms with E-state index in [0.29, 0.717) is 5.56 Å². The van der Waals surface area contributed by atoms with E-state index < -0.39 is 6.29 Å². The maximum Gasteiger partial charge on any atom is 0.185 e. The van der Waals surface area contributed by atoms with Gasteiger partial charge in [0.1, 0.15) is 0 Å². The topological polar surface area (TPSA) is 35.5 Å². The molecule has 0 aliphatic rings. The number of carbonyl (C=O) groups excluding carboxylic acids is 1.